The zero-order valence-electron chi connectivity index (χ0n) is 25.6. The average Bonchev–Trinajstić information content (AvgIpc) is 3.59. The van der Waals surface area contributed by atoms with Crippen LogP contribution in [0, 0.1) is 0 Å². The Morgan fingerprint density at radius 2 is 1.74 bits per heavy atom. The summed E-state index contributed by atoms with van der Waals surface area (Å²) in [5.74, 6) is 0.0941. The van der Waals surface area contributed by atoms with Gasteiger partial charge in [0.25, 0.3) is 17.4 Å². The van der Waals surface area contributed by atoms with Gasteiger partial charge in [-0.3, -0.25) is 19.3 Å². The van der Waals surface area contributed by atoms with E-state index in [1.165, 1.54) is 11.1 Å². The van der Waals surface area contributed by atoms with Crippen LogP contribution in [0.25, 0.3) is 33.5 Å². The predicted octanol–water partition coefficient (Wildman–Crippen LogP) is 4.78. The van der Waals surface area contributed by atoms with Crippen LogP contribution in [0.4, 0.5) is 5.69 Å². The van der Waals surface area contributed by atoms with Gasteiger partial charge in [-0.25, -0.2) is 4.98 Å². The van der Waals surface area contributed by atoms with Crippen LogP contribution in [0.3, 0.4) is 0 Å². The Kier molecular flexibility index (Phi) is 8.27. The van der Waals surface area contributed by atoms with Crippen molar-refractivity contribution >= 4 is 40.1 Å². The minimum Gasteiger partial charge on any atom is -0.489 e. The van der Waals surface area contributed by atoms with Gasteiger partial charge in [0.15, 0.2) is 0 Å². The molecule has 2 aromatic heterocycles. The predicted molar refractivity (Wildman–Crippen MR) is 180 cm³/mol. The van der Waals surface area contributed by atoms with Crippen LogP contribution in [0.1, 0.15) is 33.6 Å². The smallest absolute Gasteiger partial charge is 0.261 e. The summed E-state index contributed by atoms with van der Waals surface area (Å²) in [5, 5.41) is 14.3. The number of H-pyrrole nitrogens is 2. The SMILES string of the molecule is CN1CCC(N2C(=O)c3cc4nc(-c5c(NCC(O)COc6ccc(-c7ccccc7)cc6Cl)cc[nH]c5=O)[nH]c4cc3C2=O)CC1. The molecule has 0 aliphatic carbocycles. The third-order valence-electron chi connectivity index (χ3n) is 8.77. The fourth-order valence-electron chi connectivity index (χ4n) is 6.23. The summed E-state index contributed by atoms with van der Waals surface area (Å²) < 4.78 is 5.79. The molecule has 0 bridgehead atoms. The summed E-state index contributed by atoms with van der Waals surface area (Å²) in [5.41, 5.74) is 3.88. The number of ether oxygens (including phenoxy) is 1. The molecular formula is C35H33ClN6O5. The van der Waals surface area contributed by atoms with E-state index < -0.39 is 11.7 Å². The number of amides is 2. The first-order valence-corrected chi connectivity index (χ1v) is 15.9. The number of pyridine rings is 1. The number of hydrogen-bond acceptors (Lipinski definition) is 8. The number of benzene rings is 3. The summed E-state index contributed by atoms with van der Waals surface area (Å²) >= 11 is 6.46. The molecule has 47 heavy (non-hydrogen) atoms. The van der Waals surface area contributed by atoms with E-state index in [0.29, 0.717) is 38.6 Å². The van der Waals surface area contributed by atoms with Crippen LogP contribution in [0.5, 0.6) is 5.75 Å². The molecule has 2 amide bonds. The number of halogens is 1. The number of hydrogen-bond donors (Lipinski definition) is 4. The summed E-state index contributed by atoms with van der Waals surface area (Å²) in [4.78, 5) is 53.7. The van der Waals surface area contributed by atoms with Crippen LogP contribution < -0.4 is 15.6 Å². The van der Waals surface area contributed by atoms with Gasteiger partial charge in [-0.1, -0.05) is 48.0 Å². The molecule has 0 saturated carbocycles. The second kappa shape index (κ2) is 12.7. The van der Waals surface area contributed by atoms with E-state index in [-0.39, 0.29) is 42.4 Å². The number of aliphatic hydroxyl groups is 1. The number of rotatable bonds is 9. The van der Waals surface area contributed by atoms with Crippen molar-refractivity contribution in [2.24, 2.45) is 0 Å². The lowest BCUT2D eigenvalue weighted by molar-refractivity contribution is 0.0516. The Morgan fingerprint density at radius 1 is 1.00 bits per heavy atom. The highest BCUT2D eigenvalue weighted by atomic mass is 35.5. The summed E-state index contributed by atoms with van der Waals surface area (Å²) in [6.07, 6.45) is 2.04. The number of imidazole rings is 1. The standard InChI is InChI=1S/C35H33ClN6O5/c1-41-13-10-22(11-14-41)42-34(45)24-16-28-29(17-25(24)35(42)46)40-32(39-28)31-27(9-12-37-33(31)44)38-18-23(43)19-47-30-8-7-21(15-26(30)36)20-5-3-2-4-6-20/h2-9,12,15-17,22-23,43H,10-11,13-14,18-19H2,1H3,(H,39,40)(H2,37,38,44). The first-order valence-electron chi connectivity index (χ1n) is 15.5. The Morgan fingerprint density at radius 3 is 2.49 bits per heavy atom. The van der Waals surface area contributed by atoms with E-state index in [9.17, 15) is 19.5 Å². The van der Waals surface area contributed by atoms with Gasteiger partial charge < -0.3 is 30.0 Å². The number of aromatic amines is 2. The van der Waals surface area contributed by atoms with E-state index >= 15 is 0 Å². The maximum atomic E-state index is 13.4. The highest BCUT2D eigenvalue weighted by Crippen LogP contribution is 2.33. The number of fused-ring (bicyclic) bond motifs is 2. The number of imide groups is 1. The maximum absolute atomic E-state index is 13.4. The van der Waals surface area contributed by atoms with E-state index in [1.54, 1.807) is 24.3 Å². The van der Waals surface area contributed by atoms with Crippen molar-refractivity contribution in [2.75, 3.05) is 38.6 Å². The number of piperidine rings is 1. The van der Waals surface area contributed by atoms with E-state index in [4.69, 9.17) is 16.3 Å². The molecule has 4 heterocycles. The molecule has 7 rings (SSSR count). The number of aliphatic hydroxyl groups excluding tert-OH is 1. The van der Waals surface area contributed by atoms with Crippen LogP contribution >= 0.6 is 11.6 Å². The fourth-order valence-corrected chi connectivity index (χ4v) is 6.46. The average molecular weight is 653 g/mol. The molecule has 11 nitrogen and oxygen atoms in total. The maximum Gasteiger partial charge on any atom is 0.261 e. The molecule has 3 aromatic carbocycles. The molecule has 0 radical (unpaired) electrons. The molecule has 1 unspecified atom stereocenters. The van der Waals surface area contributed by atoms with E-state index in [2.05, 4.69) is 25.2 Å². The Bertz CT molecular complexity index is 1980. The van der Waals surface area contributed by atoms with E-state index in [1.807, 2.05) is 49.5 Å². The van der Waals surface area contributed by atoms with E-state index in [0.717, 1.165) is 37.1 Å². The van der Waals surface area contributed by atoms with Crippen LogP contribution in [-0.4, -0.2) is 87.1 Å². The molecule has 2 aliphatic rings. The minimum atomic E-state index is -0.935. The van der Waals surface area contributed by atoms with Gasteiger partial charge in [0.1, 0.15) is 29.8 Å². The van der Waals surface area contributed by atoms with Crippen molar-refractivity contribution in [3.8, 4) is 28.3 Å². The van der Waals surface area contributed by atoms with Gasteiger partial charge >= 0.3 is 0 Å². The van der Waals surface area contributed by atoms with Crippen molar-refractivity contribution in [2.45, 2.75) is 25.0 Å². The van der Waals surface area contributed by atoms with Gasteiger partial charge in [0, 0.05) is 18.8 Å². The normalized spacial score (nSPS) is 16.1. The molecule has 12 heteroatoms. The molecule has 5 aromatic rings. The lowest BCUT2D eigenvalue weighted by atomic mass is 10.0. The third-order valence-corrected chi connectivity index (χ3v) is 9.06. The van der Waals surface area contributed by atoms with Gasteiger partial charge in [-0.15, -0.1) is 0 Å². The molecule has 2 aliphatic heterocycles. The lowest BCUT2D eigenvalue weighted by Gasteiger charge is -2.33. The zero-order chi connectivity index (χ0) is 32.7. The minimum absolute atomic E-state index is 0.0389. The highest BCUT2D eigenvalue weighted by molar-refractivity contribution is 6.32. The van der Waals surface area contributed by atoms with Crippen LogP contribution in [0.2, 0.25) is 5.02 Å². The largest absolute Gasteiger partial charge is 0.489 e. The van der Waals surface area contributed by atoms with Crippen molar-refractivity contribution in [3.63, 3.8) is 0 Å². The third kappa shape index (κ3) is 6.00. The molecule has 240 valence electrons. The van der Waals surface area contributed by atoms with Crippen LogP contribution in [-0.2, 0) is 0 Å². The lowest BCUT2D eigenvalue weighted by Crippen LogP contribution is -2.46. The summed E-state index contributed by atoms with van der Waals surface area (Å²) in [6, 6.07) is 20.1. The molecule has 1 fully saturated rings. The fraction of sp³-hybridized carbons (Fsp3) is 0.257. The van der Waals surface area contributed by atoms with Crippen molar-refractivity contribution in [3.05, 3.63) is 99.4 Å². The zero-order valence-corrected chi connectivity index (χ0v) is 26.4. The molecule has 4 N–H and O–H groups in total. The van der Waals surface area contributed by atoms with Crippen LogP contribution in [0.15, 0.2) is 77.7 Å². The molecule has 0 spiro atoms. The number of nitrogens with zero attached hydrogens (tertiary/aromatic N) is 3. The van der Waals surface area contributed by atoms with Crippen molar-refractivity contribution < 1.29 is 19.4 Å². The number of nitrogens with one attached hydrogen (secondary N) is 3. The van der Waals surface area contributed by atoms with Gasteiger partial charge in [0.05, 0.1) is 32.9 Å². The quantitative estimate of drug-likeness (QED) is 0.167. The summed E-state index contributed by atoms with van der Waals surface area (Å²) in [6.45, 7) is 1.68. The first kappa shape index (κ1) is 30.7. The van der Waals surface area contributed by atoms with Crippen molar-refractivity contribution in [1.82, 2.24) is 24.8 Å². The molecule has 1 atom stereocenters. The number of likely N-dealkylation sites (tertiary alicyclic amines) is 1. The topological polar surface area (TPSA) is 144 Å². The second-order valence-corrected chi connectivity index (χ2v) is 12.4. The van der Waals surface area contributed by atoms with Gasteiger partial charge in [-0.05, 0) is 74.4 Å². The highest BCUT2D eigenvalue weighted by Gasteiger charge is 2.41. The number of carbonyl (C=O) groups excluding carboxylic acids is 2. The van der Waals surface area contributed by atoms with Gasteiger partial charge in [-0.2, -0.15) is 0 Å². The Hall–Kier alpha value is -4.97. The Labute approximate surface area is 275 Å². The second-order valence-electron chi connectivity index (χ2n) is 12.0. The first-order chi connectivity index (χ1) is 22.8. The number of carbonyl (C=O) groups is 2. The Balaban J connectivity index is 1.05. The number of aromatic nitrogens is 3. The van der Waals surface area contributed by atoms with Crippen molar-refractivity contribution in [1.29, 1.82) is 0 Å². The molecule has 1 saturated heterocycles. The monoisotopic (exact) mass is 652 g/mol. The number of anilines is 1. The van der Waals surface area contributed by atoms with Gasteiger partial charge in [0.2, 0.25) is 0 Å². The summed E-state index contributed by atoms with van der Waals surface area (Å²) in [7, 11) is 2.03. The molecular weight excluding hydrogens is 620 g/mol.